The molecule has 0 fully saturated rings. The molecule has 0 aliphatic rings. The van der Waals surface area contributed by atoms with Gasteiger partial charge in [-0.1, -0.05) is 0 Å². The Morgan fingerprint density at radius 3 is 1.25 bits per heavy atom. The van der Waals surface area contributed by atoms with Crippen LogP contribution in [0.5, 0.6) is 0 Å². The van der Waals surface area contributed by atoms with Crippen molar-refractivity contribution in [2.45, 2.75) is 0 Å². The molecule has 0 heterocycles. The van der Waals surface area contributed by atoms with Crippen LogP contribution in [-0.2, 0) is 21.1 Å². The normalized spacial score (nSPS) is 4.50. The van der Waals surface area contributed by atoms with Crippen LogP contribution in [0.3, 0.4) is 0 Å². The summed E-state index contributed by atoms with van der Waals surface area (Å²) in [5.41, 5.74) is 0. The molecule has 0 aromatic rings. The Kier molecular flexibility index (Phi) is 20.9. The minimum Gasteiger partial charge on any atom is -0.371 e. The molecule has 0 saturated carbocycles. The monoisotopic (exact) mass is 232 g/mol. The summed E-state index contributed by atoms with van der Waals surface area (Å²) in [4.78, 5) is 0. The van der Waals surface area contributed by atoms with Gasteiger partial charge in [-0.2, -0.15) is 0 Å². The van der Waals surface area contributed by atoms with Crippen molar-refractivity contribution in [3.8, 4) is 0 Å². The molecule has 0 unspecified atom stereocenters. The van der Waals surface area contributed by atoms with Gasteiger partial charge in [-0.15, -0.1) is 0 Å². The zero-order valence-electron chi connectivity index (χ0n) is 2.01. The molecule has 0 radical (unpaired) electrons. The average molecular weight is 232 g/mol. The second-order valence-corrected chi connectivity index (χ2v) is 0.141. The van der Waals surface area contributed by atoms with Crippen LogP contribution >= 0.6 is 0 Å². The van der Waals surface area contributed by atoms with Crippen LogP contribution in [0.15, 0.2) is 0 Å². The molecule has 3 heteroatoms. The molecule has 0 atom stereocenters. The summed E-state index contributed by atoms with van der Waals surface area (Å²) in [6, 6.07) is 0. The molecule has 0 aliphatic heterocycles. The summed E-state index contributed by atoms with van der Waals surface area (Å²) < 4.78 is 0. The maximum atomic E-state index is 7.12. The molecule has 0 bridgehead atoms. The first-order chi connectivity index (χ1) is 1.41. The van der Waals surface area contributed by atoms with Gasteiger partial charge in [-0.05, 0) is 0 Å². The second kappa shape index (κ2) is 9.49. The van der Waals surface area contributed by atoms with Gasteiger partial charge in [-0.25, -0.2) is 0 Å². The fraction of sp³-hybridized carbons (Fsp3) is 1.00. The molecular formula is CH4O2W. The maximum absolute atomic E-state index is 7.12. The first-order valence-corrected chi connectivity index (χ1v) is 0.632. The number of aliphatic hydroxyl groups excluding tert-OH is 1. The first kappa shape index (κ1) is 8.82. The summed E-state index contributed by atoms with van der Waals surface area (Å²) in [6.07, 6.45) is 0. The van der Waals surface area contributed by atoms with E-state index in [2.05, 4.69) is 0 Å². The fourth-order valence-corrected chi connectivity index (χ4v) is 0. The van der Waals surface area contributed by atoms with Gasteiger partial charge in [0.15, 0.2) is 0 Å². The molecule has 0 aromatic carbocycles. The standard InChI is InChI=1S/CH4O2.W/c2-1-3;/h2-3H,1H2;. The van der Waals surface area contributed by atoms with Crippen molar-refractivity contribution in [2.75, 3.05) is 6.79 Å². The number of hydrogen-bond acceptors (Lipinski definition) is 2. The second-order valence-electron chi connectivity index (χ2n) is 0.141. The Morgan fingerprint density at radius 1 is 1.25 bits per heavy atom. The van der Waals surface area contributed by atoms with Gasteiger partial charge in [0.05, 0.1) is 0 Å². The molecule has 0 amide bonds. The largest absolute Gasteiger partial charge is 0.371 e. The van der Waals surface area contributed by atoms with Crippen LogP contribution in [0.4, 0.5) is 0 Å². The quantitative estimate of drug-likeness (QED) is 0.522. The van der Waals surface area contributed by atoms with Crippen LogP contribution in [0, 0.1) is 0 Å². The zero-order valence-corrected chi connectivity index (χ0v) is 4.94. The Morgan fingerprint density at radius 2 is 1.25 bits per heavy atom. The Labute approximate surface area is 38.7 Å². The Bertz CT molecular complexity index is 6.00. The van der Waals surface area contributed by atoms with E-state index in [1.807, 2.05) is 0 Å². The Hall–Kier alpha value is 0.608. The van der Waals surface area contributed by atoms with Gasteiger partial charge in [0, 0.05) is 21.1 Å². The molecule has 0 aromatic heterocycles. The van der Waals surface area contributed by atoms with Crippen molar-refractivity contribution >= 4 is 0 Å². The summed E-state index contributed by atoms with van der Waals surface area (Å²) in [5.74, 6) is 0. The van der Waals surface area contributed by atoms with Crippen LogP contribution < -0.4 is 0 Å². The first-order valence-electron chi connectivity index (χ1n) is 0.632. The molecule has 0 saturated heterocycles. The minimum absolute atomic E-state index is 0. The molecule has 2 nitrogen and oxygen atoms in total. The van der Waals surface area contributed by atoms with E-state index in [4.69, 9.17) is 10.2 Å². The van der Waals surface area contributed by atoms with Crippen molar-refractivity contribution in [2.24, 2.45) is 0 Å². The number of rotatable bonds is 0. The number of aliphatic hydroxyl groups is 2. The fourth-order valence-electron chi connectivity index (χ4n) is 0. The van der Waals surface area contributed by atoms with Crippen LogP contribution in [-0.4, -0.2) is 17.0 Å². The summed E-state index contributed by atoms with van der Waals surface area (Å²) in [6.45, 7) is -0.750. The summed E-state index contributed by atoms with van der Waals surface area (Å²) in [7, 11) is 0. The third-order valence-corrected chi connectivity index (χ3v) is 0. The van der Waals surface area contributed by atoms with Crippen molar-refractivity contribution < 1.29 is 31.3 Å². The molecular weight excluding hydrogens is 228 g/mol. The van der Waals surface area contributed by atoms with Crippen molar-refractivity contribution in [1.29, 1.82) is 0 Å². The van der Waals surface area contributed by atoms with Gasteiger partial charge in [0.25, 0.3) is 0 Å². The van der Waals surface area contributed by atoms with Crippen LogP contribution in [0.2, 0.25) is 0 Å². The van der Waals surface area contributed by atoms with Gasteiger partial charge >= 0.3 is 0 Å². The molecule has 26 valence electrons. The van der Waals surface area contributed by atoms with Gasteiger partial charge < -0.3 is 10.2 Å². The molecule has 2 N–H and O–H groups in total. The Balaban J connectivity index is 0. The van der Waals surface area contributed by atoms with E-state index in [1.165, 1.54) is 0 Å². The van der Waals surface area contributed by atoms with Gasteiger partial charge in [0.2, 0.25) is 0 Å². The predicted octanol–water partition coefficient (Wildman–Crippen LogP) is -1.07. The van der Waals surface area contributed by atoms with E-state index in [-0.39, 0.29) is 21.1 Å². The van der Waals surface area contributed by atoms with Crippen molar-refractivity contribution in [3.05, 3.63) is 0 Å². The van der Waals surface area contributed by atoms with E-state index >= 15 is 0 Å². The van der Waals surface area contributed by atoms with E-state index in [0.29, 0.717) is 0 Å². The molecule has 4 heavy (non-hydrogen) atoms. The van der Waals surface area contributed by atoms with Gasteiger partial charge in [-0.3, -0.25) is 0 Å². The van der Waals surface area contributed by atoms with Crippen molar-refractivity contribution in [1.82, 2.24) is 0 Å². The van der Waals surface area contributed by atoms with E-state index in [1.54, 1.807) is 0 Å². The smallest absolute Gasteiger partial charge is 0.140 e. The van der Waals surface area contributed by atoms with E-state index in [9.17, 15) is 0 Å². The minimum atomic E-state index is -0.750. The topological polar surface area (TPSA) is 40.5 Å². The maximum Gasteiger partial charge on any atom is 0.140 e. The van der Waals surface area contributed by atoms with E-state index < -0.39 is 6.79 Å². The summed E-state index contributed by atoms with van der Waals surface area (Å²) in [5, 5.41) is 14.2. The van der Waals surface area contributed by atoms with Crippen LogP contribution in [0.25, 0.3) is 0 Å². The third kappa shape index (κ3) is 18.2. The zero-order chi connectivity index (χ0) is 2.71. The van der Waals surface area contributed by atoms with Crippen molar-refractivity contribution in [3.63, 3.8) is 0 Å². The SMILES string of the molecule is OCO.[W]. The number of hydrogen-bond donors (Lipinski definition) is 2. The average Bonchev–Trinajstić information content (AvgIpc) is 0.918. The third-order valence-electron chi connectivity index (χ3n) is 0. The van der Waals surface area contributed by atoms with Crippen LogP contribution in [0.1, 0.15) is 0 Å². The van der Waals surface area contributed by atoms with E-state index in [0.717, 1.165) is 0 Å². The molecule has 0 spiro atoms. The van der Waals surface area contributed by atoms with Gasteiger partial charge in [0.1, 0.15) is 6.79 Å². The summed E-state index contributed by atoms with van der Waals surface area (Å²) >= 11 is 0. The molecule has 0 aliphatic carbocycles. The molecule has 0 rings (SSSR count). The predicted molar refractivity (Wildman–Crippen MR) is 9.30 cm³/mol.